The second-order valence-corrected chi connectivity index (χ2v) is 3.55. The number of hydrogen-bond acceptors (Lipinski definition) is 4. The van der Waals surface area contributed by atoms with Crippen LogP contribution in [0.3, 0.4) is 0 Å². The van der Waals surface area contributed by atoms with Crippen molar-refractivity contribution in [2.45, 2.75) is 12.8 Å². The monoisotopic (exact) mass is 193 g/mol. The summed E-state index contributed by atoms with van der Waals surface area (Å²) in [5.41, 5.74) is 5.35. The average Bonchev–Trinajstić information content (AvgIpc) is 2.30. The maximum atomic E-state index is 12.3. The van der Waals surface area contributed by atoms with Crippen molar-refractivity contribution in [1.29, 1.82) is 0 Å². The molecule has 0 saturated carbocycles. The minimum absolute atomic E-state index is 0.417. The lowest BCUT2D eigenvalue weighted by Crippen LogP contribution is -2.22. The average molecular weight is 193 g/mol. The van der Waals surface area contributed by atoms with Crippen molar-refractivity contribution in [2.75, 3.05) is 17.6 Å². The molecule has 3 N–H and O–H groups in total. The number of nitrogens with zero attached hydrogens (tertiary/aromatic N) is 1. The third-order valence-corrected chi connectivity index (χ3v) is 1.86. The molecule has 1 aromatic heterocycles. The molecule has 1 heterocycles. The van der Waals surface area contributed by atoms with Crippen LogP contribution in [0.5, 0.6) is 0 Å². The summed E-state index contributed by atoms with van der Waals surface area (Å²) < 4.78 is 24.6. The van der Waals surface area contributed by atoms with Gasteiger partial charge in [-0.2, -0.15) is 0 Å². The van der Waals surface area contributed by atoms with Crippen LogP contribution in [0.2, 0.25) is 0 Å². The maximum absolute atomic E-state index is 12.3. The molecule has 3 nitrogen and oxygen atoms in total. The van der Waals surface area contributed by atoms with Crippen molar-refractivity contribution in [3.05, 3.63) is 6.20 Å². The van der Waals surface area contributed by atoms with Crippen LogP contribution >= 0.6 is 11.3 Å². The lowest BCUT2D eigenvalue weighted by molar-refractivity contribution is 0.0368. The number of nitrogens with one attached hydrogen (secondary N) is 1. The number of alkyl halides is 2. The van der Waals surface area contributed by atoms with E-state index in [1.54, 1.807) is 0 Å². The van der Waals surface area contributed by atoms with Crippen LogP contribution in [0.1, 0.15) is 6.92 Å². The fraction of sp³-hybridized carbons (Fsp3) is 0.500. The van der Waals surface area contributed by atoms with Gasteiger partial charge in [0.2, 0.25) is 0 Å². The Labute approximate surface area is 72.6 Å². The maximum Gasteiger partial charge on any atom is 0.262 e. The molecule has 68 valence electrons. The molecule has 0 amide bonds. The fourth-order valence-electron chi connectivity index (χ4n) is 0.599. The Morgan fingerprint density at radius 1 is 1.75 bits per heavy atom. The highest BCUT2D eigenvalue weighted by molar-refractivity contribution is 7.19. The van der Waals surface area contributed by atoms with E-state index >= 15 is 0 Å². The van der Waals surface area contributed by atoms with E-state index in [4.69, 9.17) is 5.73 Å². The van der Waals surface area contributed by atoms with Gasteiger partial charge in [-0.3, -0.25) is 0 Å². The summed E-state index contributed by atoms with van der Waals surface area (Å²) in [6, 6.07) is 0. The molecule has 1 rings (SSSR count). The van der Waals surface area contributed by atoms with E-state index in [-0.39, 0.29) is 0 Å². The number of halogens is 2. The first-order valence-corrected chi connectivity index (χ1v) is 4.12. The normalized spacial score (nSPS) is 11.6. The van der Waals surface area contributed by atoms with Crippen molar-refractivity contribution < 1.29 is 8.78 Å². The molecule has 0 aromatic carbocycles. The molecule has 0 atom stereocenters. The third kappa shape index (κ3) is 3.00. The second-order valence-electron chi connectivity index (χ2n) is 2.49. The van der Waals surface area contributed by atoms with Gasteiger partial charge >= 0.3 is 0 Å². The van der Waals surface area contributed by atoms with Crippen LogP contribution in [-0.4, -0.2) is 17.5 Å². The van der Waals surface area contributed by atoms with E-state index in [2.05, 4.69) is 10.3 Å². The van der Waals surface area contributed by atoms with Gasteiger partial charge in [-0.25, -0.2) is 13.8 Å². The largest absolute Gasteiger partial charge is 0.389 e. The number of anilines is 2. The summed E-state index contributed by atoms with van der Waals surface area (Å²) in [4.78, 5) is 3.77. The highest BCUT2D eigenvalue weighted by Crippen LogP contribution is 2.21. The van der Waals surface area contributed by atoms with Gasteiger partial charge < -0.3 is 11.1 Å². The Balaban J connectivity index is 2.44. The zero-order valence-electron chi connectivity index (χ0n) is 6.47. The molecule has 0 radical (unpaired) electrons. The number of hydrogen-bond donors (Lipinski definition) is 2. The fourth-order valence-corrected chi connectivity index (χ4v) is 1.18. The molecule has 0 saturated heterocycles. The van der Waals surface area contributed by atoms with Crippen LogP contribution in [0.25, 0.3) is 0 Å². The highest BCUT2D eigenvalue weighted by atomic mass is 32.1. The molecule has 0 aliphatic rings. The van der Waals surface area contributed by atoms with Crippen molar-refractivity contribution in [1.82, 2.24) is 4.98 Å². The smallest absolute Gasteiger partial charge is 0.262 e. The summed E-state index contributed by atoms with van der Waals surface area (Å²) in [5, 5.41) is 3.42. The minimum atomic E-state index is -2.72. The molecule has 12 heavy (non-hydrogen) atoms. The molecule has 1 aromatic rings. The Kier molecular flexibility index (Phi) is 2.46. The number of thiazole rings is 1. The molecule has 0 aliphatic carbocycles. The quantitative estimate of drug-likeness (QED) is 0.769. The molecular weight excluding hydrogens is 184 g/mol. The minimum Gasteiger partial charge on any atom is -0.389 e. The predicted molar refractivity (Wildman–Crippen MR) is 45.6 cm³/mol. The standard InChI is InChI=1S/C6H9F2N3S/c1-6(7,8)3-11-5-10-2-4(9)12-5/h2H,3,9H2,1H3,(H,10,11). The first-order valence-electron chi connectivity index (χ1n) is 3.30. The number of aromatic nitrogens is 1. The van der Waals surface area contributed by atoms with E-state index in [9.17, 15) is 8.78 Å². The molecule has 6 heteroatoms. The van der Waals surface area contributed by atoms with Crippen molar-refractivity contribution >= 4 is 21.5 Å². The van der Waals surface area contributed by atoms with Crippen molar-refractivity contribution in [3.63, 3.8) is 0 Å². The van der Waals surface area contributed by atoms with Crippen molar-refractivity contribution in [3.8, 4) is 0 Å². The lowest BCUT2D eigenvalue weighted by atomic mass is 10.4. The molecule has 0 spiro atoms. The molecule has 0 unspecified atom stereocenters. The SMILES string of the molecule is CC(F)(F)CNc1ncc(N)s1. The van der Waals surface area contributed by atoms with Gasteiger partial charge in [0.1, 0.15) is 5.00 Å². The first-order chi connectivity index (χ1) is 5.47. The van der Waals surface area contributed by atoms with E-state index in [1.165, 1.54) is 6.20 Å². The Morgan fingerprint density at radius 3 is 2.83 bits per heavy atom. The van der Waals surface area contributed by atoms with E-state index in [0.717, 1.165) is 18.3 Å². The third-order valence-electron chi connectivity index (χ3n) is 1.07. The number of rotatable bonds is 3. The Morgan fingerprint density at radius 2 is 2.42 bits per heavy atom. The Bertz CT molecular complexity index is 256. The van der Waals surface area contributed by atoms with E-state index < -0.39 is 12.5 Å². The highest BCUT2D eigenvalue weighted by Gasteiger charge is 2.20. The lowest BCUT2D eigenvalue weighted by Gasteiger charge is -2.09. The predicted octanol–water partition coefficient (Wildman–Crippen LogP) is 1.79. The van der Waals surface area contributed by atoms with Gasteiger partial charge in [0.15, 0.2) is 5.13 Å². The van der Waals surface area contributed by atoms with Gasteiger partial charge in [0.25, 0.3) is 5.92 Å². The second kappa shape index (κ2) is 3.22. The topological polar surface area (TPSA) is 50.9 Å². The van der Waals surface area contributed by atoms with Gasteiger partial charge in [0, 0.05) is 6.92 Å². The summed E-state index contributed by atoms with van der Waals surface area (Å²) in [6.07, 6.45) is 1.43. The zero-order valence-corrected chi connectivity index (χ0v) is 7.29. The Hall–Kier alpha value is -0.910. The van der Waals surface area contributed by atoms with Gasteiger partial charge in [-0.15, -0.1) is 0 Å². The van der Waals surface area contributed by atoms with E-state index in [0.29, 0.717) is 10.1 Å². The van der Waals surface area contributed by atoms with Crippen LogP contribution < -0.4 is 11.1 Å². The summed E-state index contributed by atoms with van der Waals surface area (Å²) in [5.74, 6) is -2.72. The van der Waals surface area contributed by atoms with Crippen LogP contribution in [0, 0.1) is 0 Å². The van der Waals surface area contributed by atoms with Crippen molar-refractivity contribution in [2.24, 2.45) is 0 Å². The van der Waals surface area contributed by atoms with Gasteiger partial charge in [0.05, 0.1) is 12.7 Å². The first kappa shape index (κ1) is 9.18. The summed E-state index contributed by atoms with van der Waals surface area (Å²) in [6.45, 7) is 0.427. The molecule has 0 fully saturated rings. The molecule has 0 aliphatic heterocycles. The number of nitrogens with two attached hydrogens (primary N) is 1. The molecular formula is C6H9F2N3S. The zero-order chi connectivity index (χ0) is 9.19. The van der Waals surface area contributed by atoms with E-state index in [1.807, 2.05) is 0 Å². The molecule has 0 bridgehead atoms. The van der Waals surface area contributed by atoms with Gasteiger partial charge in [-0.05, 0) is 0 Å². The summed E-state index contributed by atoms with van der Waals surface area (Å²) in [7, 11) is 0. The van der Waals surface area contributed by atoms with Crippen LogP contribution in [0.15, 0.2) is 6.20 Å². The number of nitrogen functional groups attached to an aromatic ring is 1. The van der Waals surface area contributed by atoms with Gasteiger partial charge in [-0.1, -0.05) is 11.3 Å². The van der Waals surface area contributed by atoms with Crippen LogP contribution in [0.4, 0.5) is 18.9 Å². The summed E-state index contributed by atoms with van der Waals surface area (Å²) >= 11 is 1.15. The van der Waals surface area contributed by atoms with Crippen LogP contribution in [-0.2, 0) is 0 Å².